The molecule has 2 aliphatic heterocycles. The van der Waals surface area contributed by atoms with Crippen molar-refractivity contribution < 1.29 is 28.4 Å². The summed E-state index contributed by atoms with van der Waals surface area (Å²) in [6.07, 6.45) is 8.76. The van der Waals surface area contributed by atoms with Gasteiger partial charge in [-0.3, -0.25) is 13.2 Å². The van der Waals surface area contributed by atoms with Gasteiger partial charge in [0.15, 0.2) is 0 Å². The second-order valence-corrected chi connectivity index (χ2v) is 15.7. The number of benzene rings is 2. The Balaban J connectivity index is 0.000000224. The zero-order valence-corrected chi connectivity index (χ0v) is 39.7. The van der Waals surface area contributed by atoms with Crippen molar-refractivity contribution in [3.63, 3.8) is 0 Å². The summed E-state index contributed by atoms with van der Waals surface area (Å²) < 4.78 is 68.6. The number of anilines is 1. The van der Waals surface area contributed by atoms with Gasteiger partial charge < -0.3 is 24.6 Å². The van der Waals surface area contributed by atoms with Gasteiger partial charge >= 0.3 is 0 Å². The maximum atomic E-state index is 13.3. The molecule has 68 heavy (non-hydrogen) atoms. The first-order valence-electron chi connectivity index (χ1n) is 23.1. The largest absolute Gasteiger partial charge is 0.497 e. The van der Waals surface area contributed by atoms with E-state index in [-0.39, 0.29) is 19.8 Å². The van der Waals surface area contributed by atoms with Crippen LogP contribution in [0.3, 0.4) is 0 Å². The fraction of sp³-hybridized carbons (Fsp3) is 0.385. The molecule has 2 saturated heterocycles. The molecule has 0 unspecified atom stereocenters. The van der Waals surface area contributed by atoms with Gasteiger partial charge in [0.1, 0.15) is 41.0 Å². The second-order valence-electron chi connectivity index (χ2n) is 15.7. The highest BCUT2D eigenvalue weighted by atomic mass is 35.5. The van der Waals surface area contributed by atoms with Crippen molar-refractivity contribution in [2.24, 2.45) is 0 Å². The number of halogens is 5. The van der Waals surface area contributed by atoms with Gasteiger partial charge in [0.2, 0.25) is 5.95 Å². The average Bonchev–Trinajstić information content (AvgIpc) is 3.93. The molecule has 0 amide bonds. The van der Waals surface area contributed by atoms with E-state index in [9.17, 15) is 17.6 Å². The number of aromatic nitrogens is 6. The van der Waals surface area contributed by atoms with Crippen LogP contribution in [0.4, 0.5) is 23.4 Å². The Kier molecular flexibility index (Phi) is 21.1. The first kappa shape index (κ1) is 52.9. The van der Waals surface area contributed by atoms with Gasteiger partial charge in [0.25, 0.3) is 0 Å². The monoisotopic (exact) mass is 961 g/mol. The van der Waals surface area contributed by atoms with E-state index in [4.69, 9.17) is 15.8 Å². The van der Waals surface area contributed by atoms with Crippen molar-refractivity contribution >= 4 is 51.6 Å². The molecule has 2 aromatic carbocycles. The molecule has 2 fully saturated rings. The summed E-state index contributed by atoms with van der Waals surface area (Å²) in [6, 6.07) is 26.9. The predicted octanol–water partition coefficient (Wildman–Crippen LogP) is 11.9. The van der Waals surface area contributed by atoms with Crippen molar-refractivity contribution in [2.45, 2.75) is 66.2 Å². The molecule has 0 spiro atoms. The number of nitrogens with zero attached hydrogens (tertiary/aromatic N) is 8. The highest BCUT2D eigenvalue weighted by Crippen LogP contribution is 2.29. The Morgan fingerprint density at radius 3 is 1.51 bits per heavy atom. The highest BCUT2D eigenvalue weighted by Gasteiger charge is 2.19. The molecule has 0 saturated carbocycles. The van der Waals surface area contributed by atoms with Gasteiger partial charge in [-0.15, -0.1) is 12.4 Å². The number of piperidine rings is 2. The number of hydrogen-bond donors (Lipinski definition) is 1. The molecular formula is C52H66ClF4N9O2. The van der Waals surface area contributed by atoms with Crippen LogP contribution in [0.2, 0.25) is 0 Å². The molecule has 0 atom stereocenters. The third kappa shape index (κ3) is 14.0. The number of hydrogen-bond acceptors (Lipinski definition) is 9. The number of rotatable bonds is 8. The Morgan fingerprint density at radius 2 is 1.13 bits per heavy atom. The van der Waals surface area contributed by atoms with E-state index >= 15 is 0 Å². The Morgan fingerprint density at radius 1 is 0.662 bits per heavy atom. The molecule has 2 aliphatic rings. The Hall–Kier alpha value is -6.03. The maximum Gasteiger partial charge on any atom is 0.212 e. The molecule has 0 aliphatic carbocycles. The number of pyridine rings is 4. The second kappa shape index (κ2) is 27.1. The third-order valence-corrected chi connectivity index (χ3v) is 11.7. The molecule has 8 heterocycles. The van der Waals surface area contributed by atoms with Crippen LogP contribution in [0.1, 0.15) is 55.3 Å². The SMILES string of the molecule is C.CCN(CC)CC.COc1ccc2nc3cc(-c4ccc(F)nc4)ccn3c2c1.COc1ccc2nc3cc(-c4ccc(N5CCC(F)CC5)nc4)ccn3c2c1.Cl.FC1CCNCC1.[2H]CF. The smallest absolute Gasteiger partial charge is 0.212 e. The zero-order valence-electron chi connectivity index (χ0n) is 39.8. The molecule has 10 rings (SSSR count). The van der Waals surface area contributed by atoms with Gasteiger partial charge in [-0.05, 0) is 142 Å². The van der Waals surface area contributed by atoms with Crippen molar-refractivity contribution in [1.29, 1.82) is 0 Å². The molecular weight excluding hydrogens is 894 g/mol. The average molecular weight is 962 g/mol. The Labute approximate surface area is 405 Å². The molecule has 11 nitrogen and oxygen atoms in total. The number of nitrogens with one attached hydrogen (secondary N) is 1. The van der Waals surface area contributed by atoms with Crippen LogP contribution in [0, 0.1) is 5.95 Å². The maximum absolute atomic E-state index is 13.3. The van der Waals surface area contributed by atoms with Crippen molar-refractivity contribution in [1.82, 2.24) is 39.0 Å². The van der Waals surface area contributed by atoms with E-state index in [0.717, 1.165) is 99.1 Å². The summed E-state index contributed by atoms with van der Waals surface area (Å²) in [7, 11) is 2.31. The summed E-state index contributed by atoms with van der Waals surface area (Å²) in [5.74, 6) is 2.04. The summed E-state index contributed by atoms with van der Waals surface area (Å²) >= 11 is 0. The highest BCUT2D eigenvalue weighted by molar-refractivity contribution is 5.86. The van der Waals surface area contributed by atoms with Crippen LogP contribution in [0.15, 0.2) is 110 Å². The normalized spacial score (nSPS) is 13.9. The van der Waals surface area contributed by atoms with Crippen molar-refractivity contribution in [3.8, 4) is 33.8 Å². The zero-order chi connectivity index (χ0) is 47.7. The molecule has 1 N–H and O–H groups in total. The summed E-state index contributed by atoms with van der Waals surface area (Å²) in [6.45, 7) is 13.3. The molecule has 0 bridgehead atoms. The van der Waals surface area contributed by atoms with Crippen molar-refractivity contribution in [3.05, 3.63) is 116 Å². The lowest BCUT2D eigenvalue weighted by molar-refractivity contribution is 0.262. The molecule has 8 aromatic rings. The van der Waals surface area contributed by atoms with Gasteiger partial charge in [0, 0.05) is 61.1 Å². The minimum atomic E-state index is -1.00. The lowest BCUT2D eigenvalue weighted by Gasteiger charge is -2.29. The van der Waals surface area contributed by atoms with Crippen LogP contribution < -0.4 is 19.7 Å². The van der Waals surface area contributed by atoms with E-state index in [1.807, 2.05) is 77.6 Å². The van der Waals surface area contributed by atoms with Crippen molar-refractivity contribution in [2.75, 3.05) is 72.1 Å². The minimum Gasteiger partial charge on any atom is -0.497 e. The minimum absolute atomic E-state index is 0. The number of fused-ring (bicyclic) bond motifs is 6. The van der Waals surface area contributed by atoms with E-state index < -0.39 is 25.4 Å². The first-order valence-corrected chi connectivity index (χ1v) is 22.4. The lowest BCUT2D eigenvalue weighted by atomic mass is 10.1. The van der Waals surface area contributed by atoms with E-state index in [2.05, 4.69) is 73.4 Å². The number of alkyl halides is 3. The standard InChI is InChI=1S/C22H21FN4O.C17H12FN3O.C6H15N.C5H10FN.CH3F.CH4.ClH/c1-28-18-3-4-19-20(13-18)27-11-6-15(12-22(27)25-19)16-2-5-21(24-14-16)26-9-7-17(23)8-10-26;1-22-13-3-4-14-15(9-13)21-7-6-11(8-17(21)20-14)12-2-5-16(18)19-10-12;1-4-7(5-2)6-3;6-5-1-3-7-4-2-5;1-2;;/h2-6,11-14,17H,7-10H2,1H3;2-10H,1H3;4-6H2,1-3H3;5,7H,1-4H2;1H3;1H4;1H/i;;;;1D;;. The van der Waals surface area contributed by atoms with Crippen LogP contribution in [-0.2, 0) is 0 Å². The first-order chi connectivity index (χ1) is 32.6. The van der Waals surface area contributed by atoms with Crippen LogP contribution in [-0.4, -0.2) is 113 Å². The molecule has 16 heteroatoms. The summed E-state index contributed by atoms with van der Waals surface area (Å²) in [5.41, 5.74) is 9.45. The third-order valence-electron chi connectivity index (χ3n) is 11.7. The fourth-order valence-corrected chi connectivity index (χ4v) is 7.82. The topological polar surface area (TPSA) is 97.3 Å². The van der Waals surface area contributed by atoms with Crippen LogP contribution >= 0.6 is 12.4 Å². The van der Waals surface area contributed by atoms with Gasteiger partial charge in [0.05, 0.1) is 44.8 Å². The van der Waals surface area contributed by atoms with E-state index in [0.29, 0.717) is 25.7 Å². The van der Waals surface area contributed by atoms with E-state index in [1.54, 1.807) is 20.3 Å². The van der Waals surface area contributed by atoms with Gasteiger partial charge in [-0.25, -0.2) is 28.7 Å². The Bertz CT molecular complexity index is 2740. The van der Waals surface area contributed by atoms with Crippen LogP contribution in [0.25, 0.3) is 55.6 Å². The summed E-state index contributed by atoms with van der Waals surface area (Å²) in [4.78, 5) is 22.2. The summed E-state index contributed by atoms with van der Waals surface area (Å²) in [5, 5.41) is 3.08. The predicted molar refractivity (Wildman–Crippen MR) is 273 cm³/mol. The number of imidazole rings is 2. The van der Waals surface area contributed by atoms with Crippen LogP contribution in [0.5, 0.6) is 11.5 Å². The number of methoxy groups -OCH3 is 2. The molecule has 366 valence electrons. The van der Waals surface area contributed by atoms with E-state index in [1.165, 1.54) is 31.9 Å². The number of ether oxygens (including phenoxy) is 2. The molecule has 0 radical (unpaired) electrons. The lowest BCUT2D eigenvalue weighted by Crippen LogP contribution is -2.34. The molecule has 6 aromatic heterocycles. The van der Waals surface area contributed by atoms with Gasteiger partial charge in [-0.2, -0.15) is 4.39 Å². The quantitative estimate of drug-likeness (QED) is 0.118. The van der Waals surface area contributed by atoms with Gasteiger partial charge in [-0.1, -0.05) is 28.2 Å². The fourth-order valence-electron chi connectivity index (χ4n) is 7.82.